The molecule has 14 heteroatoms. The number of carbonyl (C=O) groups excluding carboxylic acids is 3. The first-order valence-corrected chi connectivity index (χ1v) is 19.4. The smallest absolute Gasteiger partial charge is 0.335 e. The largest absolute Gasteiger partial charge is 0.480 e. The van der Waals surface area contributed by atoms with Gasteiger partial charge in [0.15, 0.2) is 5.96 Å². The van der Waals surface area contributed by atoms with Gasteiger partial charge in [-0.3, -0.25) is 19.4 Å². The van der Waals surface area contributed by atoms with Crippen LogP contribution in [-0.2, 0) is 33.4 Å². The molecule has 292 valence electrons. The van der Waals surface area contributed by atoms with Crippen molar-refractivity contribution in [2.75, 3.05) is 6.54 Å². The first kappa shape index (κ1) is 38.8. The van der Waals surface area contributed by atoms with Crippen molar-refractivity contribution in [3.63, 3.8) is 0 Å². The number of hydrogen-bond acceptors (Lipinski definition) is 10. The lowest BCUT2D eigenvalue weighted by Crippen LogP contribution is -2.58. The topological polar surface area (TPSA) is 226 Å². The van der Waals surface area contributed by atoms with Crippen LogP contribution < -0.4 is 22.4 Å². The SMILES string of the molecule is CC(=O)O[C@@H]1[C@H]2O[C@]23[C@@H]2CC[C@@H]4C[C@@H](OC(=O)CCCCCC(=O)N[C@@H](CCCN=C(N)N)C(=O)O)CC[C@]4(C)[C@H]2CC[C@]3(C)[C@H]1c1ccc(=O)oc1. The van der Waals surface area contributed by atoms with Gasteiger partial charge < -0.3 is 40.5 Å². The molecule has 0 unspecified atom stereocenters. The van der Waals surface area contributed by atoms with E-state index in [-0.39, 0.29) is 78.6 Å². The molecule has 1 spiro atoms. The van der Waals surface area contributed by atoms with E-state index in [4.69, 9.17) is 30.1 Å². The number of ether oxygens (including phenoxy) is 3. The Kier molecular flexibility index (Phi) is 11.3. The summed E-state index contributed by atoms with van der Waals surface area (Å²) in [6.07, 6.45) is 10.3. The number of esters is 2. The molecule has 11 atom stereocenters. The first-order chi connectivity index (χ1) is 25.2. The van der Waals surface area contributed by atoms with Gasteiger partial charge in [0.05, 0.1) is 6.26 Å². The van der Waals surface area contributed by atoms with E-state index >= 15 is 0 Å². The molecule has 1 aliphatic heterocycles. The van der Waals surface area contributed by atoms with E-state index < -0.39 is 29.3 Å². The second kappa shape index (κ2) is 15.4. The van der Waals surface area contributed by atoms with Crippen molar-refractivity contribution >= 4 is 29.8 Å². The number of nitrogens with zero attached hydrogens (tertiary/aromatic N) is 1. The van der Waals surface area contributed by atoms with Gasteiger partial charge in [-0.15, -0.1) is 0 Å². The van der Waals surface area contributed by atoms with Crippen molar-refractivity contribution in [2.45, 2.75) is 147 Å². The Morgan fingerprint density at radius 1 is 1.00 bits per heavy atom. The number of unbranched alkanes of at least 4 members (excludes halogenated alkanes) is 2. The van der Waals surface area contributed by atoms with Gasteiger partial charge in [-0.05, 0) is 105 Å². The van der Waals surface area contributed by atoms with Gasteiger partial charge in [0.2, 0.25) is 5.91 Å². The predicted octanol–water partition coefficient (Wildman–Crippen LogP) is 3.92. The molecule has 4 saturated carbocycles. The Morgan fingerprint density at radius 3 is 2.47 bits per heavy atom. The number of aliphatic carboxylic acids is 1. The van der Waals surface area contributed by atoms with Crippen molar-refractivity contribution in [2.24, 2.45) is 45.0 Å². The lowest BCUT2D eigenvalue weighted by Gasteiger charge is -2.61. The van der Waals surface area contributed by atoms with Crippen LogP contribution in [0.1, 0.15) is 122 Å². The number of hydrogen-bond donors (Lipinski definition) is 4. The van der Waals surface area contributed by atoms with Crippen LogP contribution in [0.4, 0.5) is 0 Å². The average Bonchev–Trinajstić information content (AvgIpc) is 3.80. The van der Waals surface area contributed by atoms with E-state index in [1.165, 1.54) is 19.3 Å². The number of aliphatic imine (C=N–C) groups is 1. The molecule has 2 heterocycles. The molecule has 1 aromatic heterocycles. The molecule has 5 aliphatic rings. The first-order valence-electron chi connectivity index (χ1n) is 19.4. The van der Waals surface area contributed by atoms with Crippen LogP contribution in [0.25, 0.3) is 0 Å². The van der Waals surface area contributed by atoms with Gasteiger partial charge in [-0.2, -0.15) is 0 Å². The lowest BCUT2D eigenvalue weighted by molar-refractivity contribution is -0.168. The van der Waals surface area contributed by atoms with Crippen molar-refractivity contribution in [3.05, 3.63) is 34.4 Å². The minimum absolute atomic E-state index is 0.0611. The molecule has 1 aromatic rings. The quantitative estimate of drug-likeness (QED) is 0.0660. The van der Waals surface area contributed by atoms with E-state index in [1.807, 2.05) is 6.07 Å². The minimum atomic E-state index is -1.10. The van der Waals surface area contributed by atoms with Crippen LogP contribution in [-0.4, -0.2) is 71.4 Å². The highest BCUT2D eigenvalue weighted by molar-refractivity contribution is 5.83. The zero-order chi connectivity index (χ0) is 38.1. The molecule has 5 fully saturated rings. The maximum atomic E-state index is 12.9. The molecule has 0 radical (unpaired) electrons. The Morgan fingerprint density at radius 2 is 1.77 bits per heavy atom. The zero-order valence-corrected chi connectivity index (χ0v) is 31.2. The van der Waals surface area contributed by atoms with Crippen molar-refractivity contribution in [1.29, 1.82) is 0 Å². The fourth-order valence-corrected chi connectivity index (χ4v) is 11.2. The van der Waals surface area contributed by atoms with E-state index in [0.29, 0.717) is 43.4 Å². The van der Waals surface area contributed by atoms with Crippen LogP contribution in [0.2, 0.25) is 0 Å². The van der Waals surface area contributed by atoms with Crippen molar-refractivity contribution in [3.8, 4) is 0 Å². The summed E-state index contributed by atoms with van der Waals surface area (Å²) in [6.45, 7) is 6.42. The Hall–Kier alpha value is -3.94. The molecular weight excluding hydrogens is 684 g/mol. The third-order valence-corrected chi connectivity index (χ3v) is 13.6. The van der Waals surface area contributed by atoms with E-state index in [2.05, 4.69) is 24.2 Å². The second-order valence-electron chi connectivity index (χ2n) is 16.6. The molecular formula is C39H56N4O10. The Balaban J connectivity index is 0.975. The number of rotatable bonds is 15. The van der Waals surface area contributed by atoms with Crippen LogP contribution in [0.3, 0.4) is 0 Å². The maximum Gasteiger partial charge on any atom is 0.335 e. The van der Waals surface area contributed by atoms with Crippen LogP contribution in [0.5, 0.6) is 0 Å². The van der Waals surface area contributed by atoms with E-state index in [1.54, 1.807) is 0 Å². The number of carbonyl (C=O) groups is 4. The van der Waals surface area contributed by atoms with Crippen LogP contribution >= 0.6 is 0 Å². The molecule has 6 rings (SSSR count). The number of nitrogens with two attached hydrogens (primary N) is 2. The highest BCUT2D eigenvalue weighted by Crippen LogP contribution is 2.78. The fourth-order valence-electron chi connectivity index (χ4n) is 11.2. The summed E-state index contributed by atoms with van der Waals surface area (Å²) in [5.41, 5.74) is 10.4. The summed E-state index contributed by atoms with van der Waals surface area (Å²) in [5, 5.41) is 12.0. The number of nitrogens with one attached hydrogen (secondary N) is 1. The van der Waals surface area contributed by atoms with Gasteiger partial charge in [0, 0.05) is 43.7 Å². The summed E-state index contributed by atoms with van der Waals surface area (Å²) in [7, 11) is 0. The summed E-state index contributed by atoms with van der Waals surface area (Å²) in [6, 6.07) is 2.25. The third kappa shape index (κ3) is 7.57. The average molecular weight is 741 g/mol. The lowest BCUT2D eigenvalue weighted by atomic mass is 9.44. The molecule has 1 saturated heterocycles. The highest BCUT2D eigenvalue weighted by atomic mass is 16.7. The predicted molar refractivity (Wildman–Crippen MR) is 192 cm³/mol. The summed E-state index contributed by atoms with van der Waals surface area (Å²) in [5.74, 6) is -0.998. The van der Waals surface area contributed by atoms with Gasteiger partial charge in [-0.1, -0.05) is 20.3 Å². The number of epoxide rings is 1. The van der Waals surface area contributed by atoms with Gasteiger partial charge in [0.25, 0.3) is 0 Å². The monoisotopic (exact) mass is 740 g/mol. The van der Waals surface area contributed by atoms with Crippen LogP contribution in [0.15, 0.2) is 32.6 Å². The summed E-state index contributed by atoms with van der Waals surface area (Å²) < 4.78 is 24.0. The van der Waals surface area contributed by atoms with Gasteiger partial charge >= 0.3 is 23.5 Å². The number of guanidine groups is 1. The number of carboxylic acid groups (broad SMARTS) is 1. The Bertz CT molecular complexity index is 1620. The number of amides is 1. The molecule has 1 amide bonds. The minimum Gasteiger partial charge on any atom is -0.480 e. The second-order valence-corrected chi connectivity index (χ2v) is 16.6. The maximum absolute atomic E-state index is 12.9. The van der Waals surface area contributed by atoms with Gasteiger partial charge in [0.1, 0.15) is 30.0 Å². The molecule has 0 aromatic carbocycles. The van der Waals surface area contributed by atoms with E-state index in [9.17, 15) is 29.1 Å². The van der Waals surface area contributed by atoms with E-state index in [0.717, 1.165) is 50.5 Å². The van der Waals surface area contributed by atoms with Gasteiger partial charge in [-0.25, -0.2) is 9.59 Å². The third-order valence-electron chi connectivity index (χ3n) is 13.6. The zero-order valence-electron chi connectivity index (χ0n) is 31.2. The number of fused-ring (bicyclic) bond motifs is 3. The van der Waals surface area contributed by atoms with Crippen molar-refractivity contribution < 1.29 is 42.9 Å². The van der Waals surface area contributed by atoms with Crippen molar-refractivity contribution in [1.82, 2.24) is 5.32 Å². The summed E-state index contributed by atoms with van der Waals surface area (Å²) >= 11 is 0. The Labute approximate surface area is 310 Å². The molecule has 4 aliphatic carbocycles. The highest BCUT2D eigenvalue weighted by Gasteiger charge is 2.84. The number of carboxylic acids is 1. The normalized spacial score (nSPS) is 35.6. The molecule has 14 nitrogen and oxygen atoms in total. The molecule has 0 bridgehead atoms. The standard InChI is InChI=1S/C39H56N4O10/c1-22(44)51-33-32(23-11-14-30(46)50-21-23)38(3)18-16-26-27(39(38)34(33)53-39)13-12-24-20-25(15-17-37(24,26)2)52-31(47)10-6-4-5-9-29(45)43-28(35(48)49)8-7-19-42-36(40)41/h11,14,21,24-28,32-34H,4-10,12-13,15-20H2,1-3H3,(H,43,45)(H,48,49)(H4,40,41,42)/t24-,25+,26+,27-,28+,32+,33+,34-,37+,38-,39-/m1/s1. The fraction of sp³-hybridized carbons (Fsp3) is 0.744. The molecule has 6 N–H and O–H groups in total. The molecule has 53 heavy (non-hydrogen) atoms. The summed E-state index contributed by atoms with van der Waals surface area (Å²) in [4.78, 5) is 64.7. The van der Waals surface area contributed by atoms with Crippen LogP contribution in [0, 0.1) is 28.6 Å².